The van der Waals surface area contributed by atoms with Crippen molar-refractivity contribution >= 4 is 33.2 Å². The van der Waals surface area contributed by atoms with Crippen LogP contribution in [0, 0.1) is 11.3 Å². The topological polar surface area (TPSA) is 155 Å². The standard InChI is InChI=1S/C33H41N9O3S/c1-4-40-13-6-8-23(40)19(2)42-31-22(17-36-42)30(41-14-7-11-32(3,43)18-41)37-29(38-31)26-20-10-15-44-33(27(20)45-39-26)12-5-9-24-25(33)21(16-34)28(35)46-24/h17,19,23,43H,4-15,18,35H2,1-3H3/t19-,23-,32+,33+/m0/s1. The first-order valence-corrected chi connectivity index (χ1v) is 17.5. The van der Waals surface area contributed by atoms with Gasteiger partial charge in [0.1, 0.15) is 16.9 Å². The van der Waals surface area contributed by atoms with E-state index < -0.39 is 11.2 Å². The van der Waals surface area contributed by atoms with E-state index in [1.165, 1.54) is 17.8 Å². The summed E-state index contributed by atoms with van der Waals surface area (Å²) in [7, 11) is 0. The normalized spacial score (nSPS) is 27.2. The number of nitriles is 1. The van der Waals surface area contributed by atoms with Crippen LogP contribution in [0.15, 0.2) is 10.7 Å². The fourth-order valence-electron chi connectivity index (χ4n) is 8.54. The first kappa shape index (κ1) is 29.8. The number of aryl methyl sites for hydroxylation is 1. The Labute approximate surface area is 272 Å². The maximum Gasteiger partial charge on any atom is 0.186 e. The van der Waals surface area contributed by atoms with Crippen molar-refractivity contribution in [2.24, 2.45) is 0 Å². The van der Waals surface area contributed by atoms with E-state index in [1.807, 2.05) is 13.1 Å². The first-order valence-electron chi connectivity index (χ1n) is 16.7. The lowest BCUT2D eigenvalue weighted by atomic mass is 9.76. The van der Waals surface area contributed by atoms with Crippen LogP contribution in [-0.4, -0.2) is 79.3 Å². The van der Waals surface area contributed by atoms with Crippen LogP contribution in [0.1, 0.15) is 92.7 Å². The molecular formula is C33H41N9O3S. The minimum atomic E-state index is -0.910. The Balaban J connectivity index is 1.29. The second-order valence-electron chi connectivity index (χ2n) is 13.7. The summed E-state index contributed by atoms with van der Waals surface area (Å²) in [5.41, 5.74) is 8.18. The van der Waals surface area contributed by atoms with Crippen molar-refractivity contribution in [1.29, 1.82) is 5.26 Å². The average Bonchev–Trinajstić information content (AvgIpc) is 3.84. The number of nitrogens with zero attached hydrogens (tertiary/aromatic N) is 8. The zero-order valence-electron chi connectivity index (χ0n) is 26.8. The van der Waals surface area contributed by atoms with E-state index in [4.69, 9.17) is 30.1 Å². The smallest absolute Gasteiger partial charge is 0.186 e. The number of nitrogen functional groups attached to an aromatic ring is 1. The Morgan fingerprint density at radius 1 is 1.22 bits per heavy atom. The predicted molar refractivity (Wildman–Crippen MR) is 175 cm³/mol. The molecule has 2 fully saturated rings. The summed E-state index contributed by atoms with van der Waals surface area (Å²) >= 11 is 1.47. The number of piperidine rings is 1. The summed E-state index contributed by atoms with van der Waals surface area (Å²) in [4.78, 5) is 16.1. The molecule has 0 aromatic carbocycles. The number of aliphatic hydroxyl groups is 1. The number of likely N-dealkylation sites (N-methyl/N-ethyl adjacent to an activating group) is 1. The molecule has 7 heterocycles. The average molecular weight is 644 g/mol. The van der Waals surface area contributed by atoms with E-state index in [-0.39, 0.29) is 6.04 Å². The molecule has 8 rings (SSSR count). The van der Waals surface area contributed by atoms with Gasteiger partial charge in [-0.25, -0.2) is 14.6 Å². The number of nitrogens with two attached hydrogens (primary N) is 1. The minimum absolute atomic E-state index is 0.108. The van der Waals surface area contributed by atoms with Gasteiger partial charge in [0.2, 0.25) is 0 Å². The molecule has 4 aromatic heterocycles. The molecule has 1 spiro atoms. The summed E-state index contributed by atoms with van der Waals surface area (Å²) in [6, 6.07) is 2.82. The molecule has 0 radical (unpaired) electrons. The van der Waals surface area contributed by atoms with Gasteiger partial charge < -0.3 is 25.0 Å². The quantitative estimate of drug-likeness (QED) is 0.315. The summed E-state index contributed by atoms with van der Waals surface area (Å²) in [5.74, 6) is 1.86. The van der Waals surface area contributed by atoms with Gasteiger partial charge in [0.05, 0.1) is 35.4 Å². The van der Waals surface area contributed by atoms with Crippen LogP contribution < -0.4 is 10.6 Å². The fraction of sp³-hybridized carbons (Fsp3) is 0.606. The van der Waals surface area contributed by atoms with Crippen LogP contribution in [0.25, 0.3) is 22.6 Å². The van der Waals surface area contributed by atoms with Crippen molar-refractivity contribution in [3.8, 4) is 17.6 Å². The van der Waals surface area contributed by atoms with E-state index in [0.717, 1.165) is 84.6 Å². The van der Waals surface area contributed by atoms with Crippen molar-refractivity contribution < 1.29 is 14.4 Å². The third-order valence-corrected chi connectivity index (χ3v) is 11.8. The molecular weight excluding hydrogens is 602 g/mol. The molecule has 3 N–H and O–H groups in total. The monoisotopic (exact) mass is 643 g/mol. The van der Waals surface area contributed by atoms with Crippen LogP contribution in [0.5, 0.6) is 0 Å². The molecule has 4 atom stereocenters. The fourth-order valence-corrected chi connectivity index (χ4v) is 9.67. The van der Waals surface area contributed by atoms with Gasteiger partial charge >= 0.3 is 0 Å². The zero-order chi connectivity index (χ0) is 31.8. The number of β-amino-alcohol motifs (C(OH)–C–C–N with tert-alkyl or cyclic N) is 1. The predicted octanol–water partition coefficient (Wildman–Crippen LogP) is 4.55. The van der Waals surface area contributed by atoms with Crippen LogP contribution in [0.3, 0.4) is 0 Å². The van der Waals surface area contributed by atoms with Gasteiger partial charge in [0, 0.05) is 41.6 Å². The molecule has 2 saturated heterocycles. The highest BCUT2D eigenvalue weighted by Crippen LogP contribution is 2.53. The molecule has 4 aromatic rings. The number of hydrogen-bond donors (Lipinski definition) is 2. The van der Waals surface area contributed by atoms with Crippen molar-refractivity contribution in [3.05, 3.63) is 33.5 Å². The van der Waals surface area contributed by atoms with E-state index in [0.29, 0.717) is 59.9 Å². The highest BCUT2D eigenvalue weighted by molar-refractivity contribution is 7.16. The third-order valence-electron chi connectivity index (χ3n) is 10.7. The summed E-state index contributed by atoms with van der Waals surface area (Å²) in [5, 5.41) is 32.1. The lowest BCUT2D eigenvalue weighted by Gasteiger charge is -2.38. The molecule has 0 amide bonds. The van der Waals surface area contributed by atoms with E-state index >= 15 is 0 Å². The van der Waals surface area contributed by atoms with Crippen LogP contribution >= 0.6 is 11.3 Å². The molecule has 0 saturated carbocycles. The second-order valence-corrected chi connectivity index (χ2v) is 14.8. The summed E-state index contributed by atoms with van der Waals surface area (Å²) < 4.78 is 14.8. The van der Waals surface area contributed by atoms with E-state index in [2.05, 4.69) is 39.6 Å². The largest absolute Gasteiger partial charge is 0.389 e. The lowest BCUT2D eigenvalue weighted by Crippen LogP contribution is -2.46. The van der Waals surface area contributed by atoms with Crippen molar-refractivity contribution in [2.45, 2.75) is 95.4 Å². The number of ether oxygens (including phenoxy) is 1. The molecule has 0 bridgehead atoms. The highest BCUT2D eigenvalue weighted by atomic mass is 32.1. The number of thiophene rings is 1. The number of anilines is 2. The third kappa shape index (κ3) is 4.48. The van der Waals surface area contributed by atoms with Crippen LogP contribution in [0.2, 0.25) is 0 Å². The van der Waals surface area contributed by atoms with Crippen LogP contribution in [0.4, 0.5) is 10.8 Å². The van der Waals surface area contributed by atoms with Gasteiger partial charge in [-0.05, 0) is 71.9 Å². The Hall–Kier alpha value is -3.57. The zero-order valence-corrected chi connectivity index (χ0v) is 27.6. The van der Waals surface area contributed by atoms with Crippen molar-refractivity contribution in [1.82, 2.24) is 29.8 Å². The van der Waals surface area contributed by atoms with Crippen LogP contribution in [-0.2, 0) is 23.2 Å². The summed E-state index contributed by atoms with van der Waals surface area (Å²) in [6.45, 7) is 10.1. The minimum Gasteiger partial charge on any atom is -0.389 e. The van der Waals surface area contributed by atoms with Crippen molar-refractivity contribution in [2.75, 3.05) is 43.4 Å². The molecule has 0 unspecified atom stereocenters. The van der Waals surface area contributed by atoms with Gasteiger partial charge in [-0.1, -0.05) is 12.1 Å². The maximum absolute atomic E-state index is 11.1. The highest BCUT2D eigenvalue weighted by Gasteiger charge is 2.50. The molecule has 1 aliphatic carbocycles. The van der Waals surface area contributed by atoms with Gasteiger partial charge in [-0.3, -0.25) is 4.90 Å². The van der Waals surface area contributed by atoms with Gasteiger partial charge in [0.25, 0.3) is 0 Å². The SMILES string of the molecule is CCN1CCC[C@H]1[C@H](C)n1ncc2c(N3CCC[C@@](C)(O)C3)nc(-c3noc4c3CCO[C@@]43CCCc4sc(N)c(C#N)c43)nc21. The Kier molecular flexibility index (Phi) is 7.13. The number of aromatic nitrogens is 5. The van der Waals surface area contributed by atoms with E-state index in [9.17, 15) is 10.4 Å². The van der Waals surface area contributed by atoms with Crippen molar-refractivity contribution in [3.63, 3.8) is 0 Å². The number of fused-ring (bicyclic) bond motifs is 5. The number of hydrogen-bond acceptors (Lipinski definition) is 12. The number of likely N-dealkylation sites (tertiary alicyclic amines) is 1. The molecule has 242 valence electrons. The molecule has 12 nitrogen and oxygen atoms in total. The van der Waals surface area contributed by atoms with Gasteiger partial charge in [-0.2, -0.15) is 10.4 Å². The molecule has 3 aliphatic heterocycles. The Morgan fingerprint density at radius 3 is 2.89 bits per heavy atom. The molecule has 46 heavy (non-hydrogen) atoms. The maximum atomic E-state index is 11.1. The first-order chi connectivity index (χ1) is 22.2. The van der Waals surface area contributed by atoms with E-state index in [1.54, 1.807) is 0 Å². The summed E-state index contributed by atoms with van der Waals surface area (Å²) in [6.07, 6.45) is 8.80. The Bertz CT molecular complexity index is 1850. The number of rotatable bonds is 5. The van der Waals surface area contributed by atoms with Gasteiger partial charge in [0.15, 0.2) is 28.5 Å². The molecule has 4 aliphatic rings. The molecule has 13 heteroatoms. The Morgan fingerprint density at radius 2 is 2.09 bits per heavy atom. The lowest BCUT2D eigenvalue weighted by molar-refractivity contribution is -0.0580. The second kappa shape index (κ2) is 11.0. The van der Waals surface area contributed by atoms with Gasteiger partial charge in [-0.15, -0.1) is 11.3 Å².